The van der Waals surface area contributed by atoms with E-state index in [1.807, 2.05) is 36.1 Å². The number of carbonyl (C=O) groups is 2. The van der Waals surface area contributed by atoms with E-state index in [-0.39, 0.29) is 17.9 Å². The number of benzene rings is 1. The van der Waals surface area contributed by atoms with Crippen LogP contribution in [0.4, 0.5) is 5.69 Å². The summed E-state index contributed by atoms with van der Waals surface area (Å²) in [6.07, 6.45) is 3.16. The van der Waals surface area contributed by atoms with E-state index < -0.39 is 0 Å². The van der Waals surface area contributed by atoms with Gasteiger partial charge in [0.15, 0.2) is 0 Å². The van der Waals surface area contributed by atoms with Crippen molar-refractivity contribution in [1.29, 1.82) is 0 Å². The number of hydrogen-bond donors (Lipinski definition) is 1. The van der Waals surface area contributed by atoms with Crippen LogP contribution in [0.25, 0.3) is 0 Å². The molecule has 1 aromatic rings. The van der Waals surface area contributed by atoms with E-state index in [1.54, 1.807) is 0 Å². The summed E-state index contributed by atoms with van der Waals surface area (Å²) in [5.74, 6) is 0.292. The second-order valence-corrected chi connectivity index (χ2v) is 7.58. The number of nitrogens with one attached hydrogen (secondary N) is 1. The van der Waals surface area contributed by atoms with Crippen molar-refractivity contribution in [3.8, 4) is 0 Å². The molecule has 3 rings (SSSR count). The number of amides is 2. The standard InChI is InChI=1S/C21H32N4O2/c1-3-18-8-4-5-9-19(18)22-20(26)16-23-12-14-24(15-13-23)17(2)21(27)25-10-6-7-11-25/h4-5,8-9,17H,3,6-7,10-16H2,1-2H3,(H,22,26). The molecule has 27 heavy (non-hydrogen) atoms. The van der Waals surface area contributed by atoms with Crippen LogP contribution in [-0.4, -0.2) is 78.4 Å². The summed E-state index contributed by atoms with van der Waals surface area (Å²) in [6, 6.07) is 7.90. The summed E-state index contributed by atoms with van der Waals surface area (Å²) in [7, 11) is 0. The summed E-state index contributed by atoms with van der Waals surface area (Å²) in [4.78, 5) is 31.4. The molecular formula is C21H32N4O2. The quantitative estimate of drug-likeness (QED) is 0.828. The first-order valence-electron chi connectivity index (χ1n) is 10.2. The Kier molecular flexibility index (Phi) is 6.85. The van der Waals surface area contributed by atoms with Gasteiger partial charge in [0.05, 0.1) is 12.6 Å². The van der Waals surface area contributed by atoms with Crippen molar-refractivity contribution in [3.05, 3.63) is 29.8 Å². The number of aryl methyl sites for hydroxylation is 1. The van der Waals surface area contributed by atoms with Crippen molar-refractivity contribution in [2.45, 2.75) is 39.2 Å². The Morgan fingerprint density at radius 1 is 1.04 bits per heavy atom. The van der Waals surface area contributed by atoms with E-state index in [4.69, 9.17) is 0 Å². The molecule has 0 bridgehead atoms. The minimum atomic E-state index is -0.0597. The molecule has 2 heterocycles. The first kappa shape index (κ1) is 19.8. The summed E-state index contributed by atoms with van der Waals surface area (Å²) in [6.45, 7) is 9.63. The molecular weight excluding hydrogens is 340 g/mol. The van der Waals surface area contributed by atoms with Crippen LogP contribution in [-0.2, 0) is 16.0 Å². The van der Waals surface area contributed by atoms with Crippen LogP contribution < -0.4 is 5.32 Å². The highest BCUT2D eigenvalue weighted by Crippen LogP contribution is 2.16. The van der Waals surface area contributed by atoms with Gasteiger partial charge in [0.25, 0.3) is 0 Å². The number of para-hydroxylation sites is 1. The monoisotopic (exact) mass is 372 g/mol. The third-order valence-corrected chi connectivity index (χ3v) is 5.77. The Balaban J connectivity index is 1.45. The number of likely N-dealkylation sites (tertiary alicyclic amines) is 1. The highest BCUT2D eigenvalue weighted by molar-refractivity contribution is 5.93. The van der Waals surface area contributed by atoms with Crippen molar-refractivity contribution in [3.63, 3.8) is 0 Å². The molecule has 1 aromatic carbocycles. The van der Waals surface area contributed by atoms with Crippen LogP contribution in [0.3, 0.4) is 0 Å². The van der Waals surface area contributed by atoms with Gasteiger partial charge in [0.1, 0.15) is 0 Å². The fourth-order valence-electron chi connectivity index (χ4n) is 4.01. The third-order valence-electron chi connectivity index (χ3n) is 5.77. The molecule has 2 saturated heterocycles. The minimum absolute atomic E-state index is 0.0329. The predicted octanol–water partition coefficient (Wildman–Crippen LogP) is 1.82. The molecule has 0 spiro atoms. The predicted molar refractivity (Wildman–Crippen MR) is 108 cm³/mol. The van der Waals surface area contributed by atoms with Gasteiger partial charge in [-0.05, 0) is 37.8 Å². The van der Waals surface area contributed by atoms with E-state index >= 15 is 0 Å². The van der Waals surface area contributed by atoms with Gasteiger partial charge >= 0.3 is 0 Å². The lowest BCUT2D eigenvalue weighted by Gasteiger charge is -2.38. The highest BCUT2D eigenvalue weighted by Gasteiger charge is 2.30. The smallest absolute Gasteiger partial charge is 0.239 e. The molecule has 2 fully saturated rings. The van der Waals surface area contributed by atoms with Crippen LogP contribution in [0.15, 0.2) is 24.3 Å². The molecule has 6 nitrogen and oxygen atoms in total. The van der Waals surface area contributed by atoms with Gasteiger partial charge < -0.3 is 10.2 Å². The topological polar surface area (TPSA) is 55.9 Å². The van der Waals surface area contributed by atoms with Gasteiger partial charge in [-0.15, -0.1) is 0 Å². The Hall–Kier alpha value is -1.92. The van der Waals surface area contributed by atoms with E-state index in [0.29, 0.717) is 6.54 Å². The number of nitrogens with zero attached hydrogens (tertiary/aromatic N) is 3. The molecule has 6 heteroatoms. The van der Waals surface area contributed by atoms with Crippen molar-refractivity contribution in [2.24, 2.45) is 0 Å². The maximum atomic E-state index is 12.6. The molecule has 2 amide bonds. The number of hydrogen-bond acceptors (Lipinski definition) is 4. The molecule has 2 aliphatic heterocycles. The highest BCUT2D eigenvalue weighted by atomic mass is 16.2. The Morgan fingerprint density at radius 2 is 1.70 bits per heavy atom. The number of anilines is 1. The summed E-state index contributed by atoms with van der Waals surface area (Å²) in [5, 5.41) is 3.04. The van der Waals surface area contributed by atoms with E-state index in [1.165, 1.54) is 0 Å². The van der Waals surface area contributed by atoms with Gasteiger partial charge in [0, 0.05) is 45.0 Å². The van der Waals surface area contributed by atoms with Gasteiger partial charge in [-0.1, -0.05) is 25.1 Å². The molecule has 1 atom stereocenters. The lowest BCUT2D eigenvalue weighted by atomic mass is 10.1. The summed E-state index contributed by atoms with van der Waals surface area (Å²) >= 11 is 0. The Labute approximate surface area is 162 Å². The molecule has 0 aromatic heterocycles. The first-order chi connectivity index (χ1) is 13.1. The lowest BCUT2D eigenvalue weighted by Crippen LogP contribution is -2.55. The number of piperazine rings is 1. The maximum absolute atomic E-state index is 12.6. The van der Waals surface area contributed by atoms with Crippen LogP contribution in [0.2, 0.25) is 0 Å². The SMILES string of the molecule is CCc1ccccc1NC(=O)CN1CCN(C(C)C(=O)N2CCCC2)CC1. The molecule has 1 N–H and O–H groups in total. The van der Waals surface area contributed by atoms with Gasteiger partial charge in [0.2, 0.25) is 11.8 Å². The van der Waals surface area contributed by atoms with E-state index in [9.17, 15) is 9.59 Å². The zero-order valence-electron chi connectivity index (χ0n) is 16.6. The van der Waals surface area contributed by atoms with Gasteiger partial charge in [-0.2, -0.15) is 0 Å². The zero-order chi connectivity index (χ0) is 19.2. The third kappa shape index (κ3) is 5.08. The Morgan fingerprint density at radius 3 is 2.37 bits per heavy atom. The second kappa shape index (κ2) is 9.33. The van der Waals surface area contributed by atoms with Crippen molar-refractivity contribution < 1.29 is 9.59 Å². The van der Waals surface area contributed by atoms with E-state index in [0.717, 1.165) is 69.8 Å². The lowest BCUT2D eigenvalue weighted by molar-refractivity contribution is -0.136. The largest absolute Gasteiger partial charge is 0.341 e. The molecule has 0 saturated carbocycles. The molecule has 0 radical (unpaired) electrons. The first-order valence-corrected chi connectivity index (χ1v) is 10.2. The molecule has 1 unspecified atom stereocenters. The fraction of sp³-hybridized carbons (Fsp3) is 0.619. The van der Waals surface area contributed by atoms with Crippen LogP contribution in [0, 0.1) is 0 Å². The Bertz CT molecular complexity index is 649. The second-order valence-electron chi connectivity index (χ2n) is 7.58. The average molecular weight is 373 g/mol. The van der Waals surface area contributed by atoms with Crippen molar-refractivity contribution in [2.75, 3.05) is 51.1 Å². The minimum Gasteiger partial charge on any atom is -0.341 e. The molecule has 148 valence electrons. The van der Waals surface area contributed by atoms with Gasteiger partial charge in [-0.3, -0.25) is 19.4 Å². The summed E-state index contributed by atoms with van der Waals surface area (Å²) in [5.41, 5.74) is 2.07. The van der Waals surface area contributed by atoms with Gasteiger partial charge in [-0.25, -0.2) is 0 Å². The molecule has 0 aliphatic carbocycles. The maximum Gasteiger partial charge on any atom is 0.239 e. The average Bonchev–Trinajstić information content (AvgIpc) is 3.22. The normalized spacial score (nSPS) is 19.9. The zero-order valence-corrected chi connectivity index (χ0v) is 16.6. The number of carbonyl (C=O) groups excluding carboxylic acids is 2. The van der Waals surface area contributed by atoms with Crippen molar-refractivity contribution >= 4 is 17.5 Å². The molecule has 2 aliphatic rings. The van der Waals surface area contributed by atoms with E-state index in [2.05, 4.69) is 22.0 Å². The number of rotatable bonds is 6. The van der Waals surface area contributed by atoms with Crippen LogP contribution >= 0.6 is 0 Å². The summed E-state index contributed by atoms with van der Waals surface area (Å²) < 4.78 is 0. The fourth-order valence-corrected chi connectivity index (χ4v) is 4.01. The van der Waals surface area contributed by atoms with Crippen LogP contribution in [0.1, 0.15) is 32.3 Å². The van der Waals surface area contributed by atoms with Crippen LogP contribution in [0.5, 0.6) is 0 Å². The van der Waals surface area contributed by atoms with Crippen molar-refractivity contribution in [1.82, 2.24) is 14.7 Å².